The van der Waals surface area contributed by atoms with Crippen molar-refractivity contribution in [2.24, 2.45) is 0 Å². The van der Waals surface area contributed by atoms with Gasteiger partial charge in [0.05, 0.1) is 0 Å². The Labute approximate surface area is 126 Å². The van der Waals surface area contributed by atoms with Gasteiger partial charge in [-0.1, -0.05) is 6.07 Å². The zero-order valence-corrected chi connectivity index (χ0v) is 12.0. The highest BCUT2D eigenvalue weighted by atomic mass is 35.5. The van der Waals surface area contributed by atoms with E-state index >= 15 is 0 Å². The number of nitrogen functional groups attached to an aromatic ring is 1. The zero-order valence-electron chi connectivity index (χ0n) is 11.2. The number of rotatable bonds is 3. The predicted octanol–water partition coefficient (Wildman–Crippen LogP) is 2.55. The van der Waals surface area contributed by atoms with Crippen molar-refractivity contribution in [2.45, 2.75) is 19.0 Å². The van der Waals surface area contributed by atoms with Gasteiger partial charge in [-0.15, -0.1) is 12.4 Å². The van der Waals surface area contributed by atoms with E-state index in [2.05, 4.69) is 4.74 Å². The number of alkyl halides is 3. The second-order valence-corrected chi connectivity index (χ2v) is 4.60. The molecule has 0 fully saturated rings. The summed E-state index contributed by atoms with van der Waals surface area (Å²) in [5.74, 6) is -0.485. The van der Waals surface area contributed by atoms with E-state index in [9.17, 15) is 18.0 Å². The van der Waals surface area contributed by atoms with Crippen LogP contribution in [0.1, 0.15) is 12.0 Å². The van der Waals surface area contributed by atoms with Crippen molar-refractivity contribution in [3.63, 3.8) is 0 Å². The third-order valence-corrected chi connectivity index (χ3v) is 3.08. The minimum absolute atomic E-state index is 0. The number of ether oxygens (including phenoxy) is 1. The lowest BCUT2D eigenvalue weighted by Gasteiger charge is -2.30. The molecule has 0 radical (unpaired) electrons. The summed E-state index contributed by atoms with van der Waals surface area (Å²) in [5, 5.41) is 0. The minimum Gasteiger partial charge on any atom is -0.398 e. The van der Waals surface area contributed by atoms with Crippen molar-refractivity contribution >= 4 is 29.7 Å². The molecule has 1 aliphatic rings. The van der Waals surface area contributed by atoms with Crippen LogP contribution in [-0.2, 0) is 16.0 Å². The molecule has 1 aromatic rings. The lowest BCUT2D eigenvalue weighted by molar-refractivity contribution is -0.175. The van der Waals surface area contributed by atoms with Gasteiger partial charge in [-0.25, -0.2) is 0 Å². The van der Waals surface area contributed by atoms with Crippen LogP contribution in [0.4, 0.5) is 24.5 Å². The fraction of sp³-hybridized carbons (Fsp3) is 0.462. The second kappa shape index (κ2) is 7.00. The van der Waals surface area contributed by atoms with Crippen LogP contribution in [0, 0.1) is 0 Å². The van der Waals surface area contributed by atoms with Crippen molar-refractivity contribution in [3.8, 4) is 0 Å². The molecule has 1 amide bonds. The first kappa shape index (κ1) is 17.6. The molecule has 8 heteroatoms. The number of amides is 1. The lowest BCUT2D eigenvalue weighted by Crippen LogP contribution is -2.38. The van der Waals surface area contributed by atoms with Crippen molar-refractivity contribution in [2.75, 3.05) is 30.4 Å². The Hall–Kier alpha value is -1.47. The molecule has 0 spiro atoms. The standard InChI is InChI=1S/C13H15F3N2O2.ClH/c14-13(15,16)8-20-7-12(19)18-6-2-3-9-10(17)4-1-5-11(9)18;/h1,4-5H,2-3,6-8,17H2;1H. The Balaban J connectivity index is 0.00000220. The van der Waals surface area contributed by atoms with E-state index in [1.807, 2.05) is 0 Å². The summed E-state index contributed by atoms with van der Waals surface area (Å²) in [6, 6.07) is 5.20. The average Bonchev–Trinajstić information content (AvgIpc) is 2.37. The molecule has 21 heavy (non-hydrogen) atoms. The second-order valence-electron chi connectivity index (χ2n) is 4.60. The molecule has 0 aliphatic carbocycles. The molecule has 1 heterocycles. The lowest BCUT2D eigenvalue weighted by atomic mass is 10.00. The maximum atomic E-state index is 12.0. The summed E-state index contributed by atoms with van der Waals surface area (Å²) >= 11 is 0. The van der Waals surface area contributed by atoms with Crippen LogP contribution in [0.3, 0.4) is 0 Å². The zero-order chi connectivity index (χ0) is 14.8. The fourth-order valence-electron chi connectivity index (χ4n) is 2.24. The number of hydrogen-bond donors (Lipinski definition) is 1. The number of carbonyl (C=O) groups is 1. The fourth-order valence-corrected chi connectivity index (χ4v) is 2.24. The summed E-state index contributed by atoms with van der Waals surface area (Å²) < 4.78 is 40.3. The molecular weight excluding hydrogens is 309 g/mol. The van der Waals surface area contributed by atoms with E-state index in [0.29, 0.717) is 17.9 Å². The highest BCUT2D eigenvalue weighted by Crippen LogP contribution is 2.31. The molecule has 0 saturated carbocycles. The van der Waals surface area contributed by atoms with E-state index in [0.717, 1.165) is 18.4 Å². The largest absolute Gasteiger partial charge is 0.411 e. The molecule has 118 valence electrons. The van der Waals surface area contributed by atoms with Gasteiger partial charge in [-0.3, -0.25) is 4.79 Å². The Kier molecular flexibility index (Phi) is 5.86. The SMILES string of the molecule is Cl.Nc1cccc2c1CCCN2C(=O)COCC(F)(F)F. The maximum absolute atomic E-state index is 12.0. The van der Waals surface area contributed by atoms with Crippen LogP contribution in [0.2, 0.25) is 0 Å². The van der Waals surface area contributed by atoms with Crippen molar-refractivity contribution in [1.82, 2.24) is 0 Å². The first-order valence-corrected chi connectivity index (χ1v) is 6.21. The number of halogens is 4. The molecule has 1 aromatic carbocycles. The molecule has 0 bridgehead atoms. The maximum Gasteiger partial charge on any atom is 0.411 e. The van der Waals surface area contributed by atoms with Gasteiger partial charge in [0.25, 0.3) is 5.91 Å². The number of carbonyl (C=O) groups excluding carboxylic acids is 1. The summed E-state index contributed by atoms with van der Waals surface area (Å²) in [7, 11) is 0. The molecule has 0 unspecified atom stereocenters. The van der Waals surface area contributed by atoms with E-state index in [1.165, 1.54) is 4.90 Å². The monoisotopic (exact) mass is 324 g/mol. The van der Waals surface area contributed by atoms with E-state index < -0.39 is 25.3 Å². The van der Waals surface area contributed by atoms with Gasteiger partial charge in [0.1, 0.15) is 13.2 Å². The highest BCUT2D eigenvalue weighted by molar-refractivity contribution is 5.96. The van der Waals surface area contributed by atoms with Crippen LogP contribution in [0.5, 0.6) is 0 Å². The van der Waals surface area contributed by atoms with Crippen LogP contribution in [0.15, 0.2) is 18.2 Å². The van der Waals surface area contributed by atoms with Gasteiger partial charge in [0.2, 0.25) is 0 Å². The summed E-state index contributed by atoms with van der Waals surface area (Å²) in [6.45, 7) is -1.55. The summed E-state index contributed by atoms with van der Waals surface area (Å²) in [6.07, 6.45) is -2.94. The molecule has 0 saturated heterocycles. The minimum atomic E-state index is -4.43. The average molecular weight is 325 g/mol. The van der Waals surface area contributed by atoms with Crippen molar-refractivity contribution < 1.29 is 22.7 Å². The van der Waals surface area contributed by atoms with Gasteiger partial charge in [0, 0.05) is 17.9 Å². The van der Waals surface area contributed by atoms with Gasteiger partial charge in [-0.2, -0.15) is 13.2 Å². The third-order valence-electron chi connectivity index (χ3n) is 3.08. The van der Waals surface area contributed by atoms with Crippen LogP contribution < -0.4 is 10.6 Å². The third kappa shape index (κ3) is 4.50. The number of anilines is 2. The Morgan fingerprint density at radius 3 is 2.76 bits per heavy atom. The van der Waals surface area contributed by atoms with Gasteiger partial charge in [-0.05, 0) is 30.5 Å². The Bertz CT molecular complexity index is 509. The summed E-state index contributed by atoms with van der Waals surface area (Å²) in [5.41, 5.74) is 7.96. The Morgan fingerprint density at radius 2 is 2.10 bits per heavy atom. The van der Waals surface area contributed by atoms with Crippen LogP contribution in [0.25, 0.3) is 0 Å². The Morgan fingerprint density at radius 1 is 1.38 bits per heavy atom. The number of benzene rings is 1. The smallest absolute Gasteiger partial charge is 0.398 e. The van der Waals surface area contributed by atoms with E-state index in [4.69, 9.17) is 5.73 Å². The van der Waals surface area contributed by atoms with Gasteiger partial charge >= 0.3 is 6.18 Å². The molecule has 2 N–H and O–H groups in total. The number of nitrogens with zero attached hydrogens (tertiary/aromatic N) is 1. The number of fused-ring (bicyclic) bond motifs is 1. The summed E-state index contributed by atoms with van der Waals surface area (Å²) in [4.78, 5) is 13.4. The normalized spacial score (nSPS) is 14.3. The van der Waals surface area contributed by atoms with Crippen LogP contribution >= 0.6 is 12.4 Å². The number of hydrogen-bond acceptors (Lipinski definition) is 3. The van der Waals surface area contributed by atoms with E-state index in [1.54, 1.807) is 18.2 Å². The van der Waals surface area contributed by atoms with Gasteiger partial charge in [0.15, 0.2) is 0 Å². The first-order valence-electron chi connectivity index (χ1n) is 6.21. The predicted molar refractivity (Wildman–Crippen MR) is 75.7 cm³/mol. The molecular formula is C13H16ClF3N2O2. The molecule has 0 aromatic heterocycles. The topological polar surface area (TPSA) is 55.6 Å². The molecule has 4 nitrogen and oxygen atoms in total. The highest BCUT2D eigenvalue weighted by Gasteiger charge is 2.29. The number of nitrogens with two attached hydrogens (primary N) is 1. The molecule has 0 atom stereocenters. The molecule has 1 aliphatic heterocycles. The van der Waals surface area contributed by atoms with Crippen molar-refractivity contribution in [1.29, 1.82) is 0 Å². The van der Waals surface area contributed by atoms with E-state index in [-0.39, 0.29) is 12.4 Å². The van der Waals surface area contributed by atoms with Crippen molar-refractivity contribution in [3.05, 3.63) is 23.8 Å². The van der Waals surface area contributed by atoms with Gasteiger partial charge < -0.3 is 15.4 Å². The van der Waals surface area contributed by atoms with Crippen LogP contribution in [-0.4, -0.2) is 31.8 Å². The molecule has 2 rings (SSSR count). The quantitative estimate of drug-likeness (QED) is 0.869. The first-order chi connectivity index (χ1) is 9.38.